The van der Waals surface area contributed by atoms with E-state index in [2.05, 4.69) is 24.4 Å². The minimum Gasteiger partial charge on any atom is -0.506 e. The first-order chi connectivity index (χ1) is 9.58. The second-order valence-corrected chi connectivity index (χ2v) is 5.24. The lowest BCUT2D eigenvalue weighted by atomic mass is 10.0. The number of anilines is 1. The first-order valence-corrected chi connectivity index (χ1v) is 6.82. The number of para-hydroxylation sites is 1. The Hall–Kier alpha value is -2.00. The van der Waals surface area contributed by atoms with E-state index in [0.29, 0.717) is 16.5 Å². The second-order valence-electron chi connectivity index (χ2n) is 4.83. The van der Waals surface area contributed by atoms with Gasteiger partial charge in [0.2, 0.25) is 0 Å². The predicted octanol–water partition coefficient (Wildman–Crippen LogP) is 4.62. The molecule has 0 fully saturated rings. The molecular formula is C16H17ClN2O. The van der Waals surface area contributed by atoms with Crippen LogP contribution in [-0.2, 0) is 0 Å². The van der Waals surface area contributed by atoms with Crippen LogP contribution in [0.15, 0.2) is 47.6 Å². The van der Waals surface area contributed by atoms with Crippen LogP contribution >= 0.6 is 11.6 Å². The molecule has 2 N–H and O–H groups in total. The third-order valence-electron chi connectivity index (χ3n) is 2.95. The number of hydrazone groups is 1. The molecule has 3 nitrogen and oxygen atoms in total. The molecular weight excluding hydrogens is 272 g/mol. The molecule has 104 valence electrons. The van der Waals surface area contributed by atoms with Crippen molar-refractivity contribution in [3.63, 3.8) is 0 Å². The van der Waals surface area contributed by atoms with Gasteiger partial charge in [-0.05, 0) is 35.7 Å². The Morgan fingerprint density at radius 3 is 2.55 bits per heavy atom. The van der Waals surface area contributed by atoms with E-state index in [0.717, 1.165) is 11.3 Å². The molecule has 2 aromatic rings. The minimum absolute atomic E-state index is 0.0506. The monoisotopic (exact) mass is 288 g/mol. The van der Waals surface area contributed by atoms with Crippen molar-refractivity contribution in [3.05, 3.63) is 58.6 Å². The van der Waals surface area contributed by atoms with Crippen molar-refractivity contribution in [3.8, 4) is 5.75 Å². The van der Waals surface area contributed by atoms with Crippen LogP contribution in [0.25, 0.3) is 0 Å². The van der Waals surface area contributed by atoms with Crippen LogP contribution in [-0.4, -0.2) is 11.3 Å². The summed E-state index contributed by atoms with van der Waals surface area (Å²) < 4.78 is 0. The Balaban J connectivity index is 2.20. The summed E-state index contributed by atoms with van der Waals surface area (Å²) in [6, 6.07) is 13.3. The van der Waals surface area contributed by atoms with Crippen molar-refractivity contribution in [1.82, 2.24) is 0 Å². The normalized spacial score (nSPS) is 11.2. The molecule has 20 heavy (non-hydrogen) atoms. The van der Waals surface area contributed by atoms with Crippen molar-refractivity contribution in [1.29, 1.82) is 0 Å². The molecule has 0 amide bonds. The molecule has 0 radical (unpaired) electrons. The summed E-state index contributed by atoms with van der Waals surface area (Å²) in [6.07, 6.45) is 1.57. The number of hydrogen-bond acceptors (Lipinski definition) is 3. The molecule has 0 bridgehead atoms. The Morgan fingerprint density at radius 2 is 1.90 bits per heavy atom. The summed E-state index contributed by atoms with van der Waals surface area (Å²) in [5, 5.41) is 14.4. The fourth-order valence-corrected chi connectivity index (χ4v) is 2.00. The number of halogens is 1. The molecule has 0 aliphatic heterocycles. The first kappa shape index (κ1) is 14.4. The second kappa shape index (κ2) is 6.44. The van der Waals surface area contributed by atoms with Gasteiger partial charge in [0, 0.05) is 5.56 Å². The van der Waals surface area contributed by atoms with E-state index in [4.69, 9.17) is 11.6 Å². The average molecular weight is 289 g/mol. The van der Waals surface area contributed by atoms with Crippen LogP contribution in [0.1, 0.15) is 30.9 Å². The average Bonchev–Trinajstić information content (AvgIpc) is 2.44. The highest BCUT2D eigenvalue weighted by Crippen LogP contribution is 2.30. The molecule has 0 atom stereocenters. The molecule has 0 aliphatic carbocycles. The van der Waals surface area contributed by atoms with E-state index in [9.17, 15) is 5.11 Å². The topological polar surface area (TPSA) is 44.6 Å². The summed E-state index contributed by atoms with van der Waals surface area (Å²) >= 11 is 6.03. The van der Waals surface area contributed by atoms with Crippen LogP contribution in [0.5, 0.6) is 5.75 Å². The third-order valence-corrected chi connectivity index (χ3v) is 3.24. The number of nitrogens with one attached hydrogen (secondary N) is 1. The van der Waals surface area contributed by atoms with E-state index in [1.54, 1.807) is 12.3 Å². The smallest absolute Gasteiger partial charge is 0.143 e. The van der Waals surface area contributed by atoms with E-state index in [1.807, 2.05) is 36.4 Å². The maximum atomic E-state index is 9.95. The lowest BCUT2D eigenvalue weighted by Crippen LogP contribution is -1.94. The van der Waals surface area contributed by atoms with Crippen molar-refractivity contribution in [2.45, 2.75) is 19.8 Å². The highest BCUT2D eigenvalue weighted by atomic mass is 35.5. The van der Waals surface area contributed by atoms with Gasteiger partial charge in [-0.1, -0.05) is 43.6 Å². The highest BCUT2D eigenvalue weighted by Gasteiger charge is 2.09. The zero-order valence-electron chi connectivity index (χ0n) is 11.5. The van der Waals surface area contributed by atoms with Gasteiger partial charge in [0.05, 0.1) is 16.9 Å². The molecule has 0 unspecified atom stereocenters. The molecule has 4 heteroatoms. The fourth-order valence-electron chi connectivity index (χ4n) is 1.76. The Morgan fingerprint density at radius 1 is 1.20 bits per heavy atom. The predicted molar refractivity (Wildman–Crippen MR) is 84.9 cm³/mol. The molecule has 2 rings (SSSR count). The van der Waals surface area contributed by atoms with Crippen LogP contribution in [0, 0.1) is 0 Å². The third kappa shape index (κ3) is 3.52. The van der Waals surface area contributed by atoms with Gasteiger partial charge in [0.1, 0.15) is 5.75 Å². The van der Waals surface area contributed by atoms with Gasteiger partial charge in [-0.3, -0.25) is 5.43 Å². The number of hydrogen-bond donors (Lipinski definition) is 2. The Labute approximate surface area is 123 Å². The molecule has 0 aliphatic rings. The highest BCUT2D eigenvalue weighted by molar-refractivity contribution is 6.32. The molecule has 0 saturated carbocycles. The number of aromatic hydroxyl groups is 1. The van der Waals surface area contributed by atoms with Crippen molar-refractivity contribution >= 4 is 23.5 Å². The quantitative estimate of drug-likeness (QED) is 0.637. The Bertz CT molecular complexity index is 609. The number of nitrogens with zero attached hydrogens (tertiary/aromatic N) is 1. The maximum absolute atomic E-state index is 9.95. The summed E-state index contributed by atoms with van der Waals surface area (Å²) in [5.41, 5.74) is 5.45. The van der Waals surface area contributed by atoms with Gasteiger partial charge in [-0.15, -0.1) is 0 Å². The fraction of sp³-hybridized carbons (Fsp3) is 0.188. The van der Waals surface area contributed by atoms with Gasteiger partial charge < -0.3 is 5.11 Å². The van der Waals surface area contributed by atoms with Gasteiger partial charge in [-0.2, -0.15) is 5.10 Å². The van der Waals surface area contributed by atoms with Crippen LogP contribution in [0.4, 0.5) is 5.69 Å². The summed E-state index contributed by atoms with van der Waals surface area (Å²) in [4.78, 5) is 0. The number of phenolic OH excluding ortho intramolecular Hbond substituents is 1. The van der Waals surface area contributed by atoms with Crippen LogP contribution in [0.2, 0.25) is 5.02 Å². The maximum Gasteiger partial charge on any atom is 0.143 e. The van der Waals surface area contributed by atoms with E-state index in [1.165, 1.54) is 0 Å². The number of phenols is 1. The molecule has 0 heterocycles. The number of rotatable bonds is 4. The number of benzene rings is 2. The SMILES string of the molecule is CC(C)c1cc(Cl)c(O)c(C=NNc2ccccc2)c1. The van der Waals surface area contributed by atoms with Gasteiger partial charge >= 0.3 is 0 Å². The van der Waals surface area contributed by atoms with E-state index < -0.39 is 0 Å². The van der Waals surface area contributed by atoms with E-state index in [-0.39, 0.29) is 5.75 Å². The standard InChI is InChI=1S/C16H17ClN2O/c1-11(2)12-8-13(16(20)15(17)9-12)10-18-19-14-6-4-3-5-7-14/h3-11,19-20H,1-2H3. The molecule has 0 saturated heterocycles. The van der Waals surface area contributed by atoms with Crippen LogP contribution < -0.4 is 5.43 Å². The van der Waals surface area contributed by atoms with Gasteiger partial charge in [0.15, 0.2) is 0 Å². The first-order valence-electron chi connectivity index (χ1n) is 6.44. The lowest BCUT2D eigenvalue weighted by Gasteiger charge is -2.09. The zero-order valence-corrected chi connectivity index (χ0v) is 12.2. The summed E-state index contributed by atoms with van der Waals surface area (Å²) in [5.74, 6) is 0.386. The minimum atomic E-state index is 0.0506. The van der Waals surface area contributed by atoms with Crippen molar-refractivity contribution in [2.75, 3.05) is 5.43 Å². The molecule has 0 aromatic heterocycles. The van der Waals surface area contributed by atoms with Crippen molar-refractivity contribution < 1.29 is 5.11 Å². The summed E-state index contributed by atoms with van der Waals surface area (Å²) in [7, 11) is 0. The van der Waals surface area contributed by atoms with Crippen molar-refractivity contribution in [2.24, 2.45) is 5.10 Å². The van der Waals surface area contributed by atoms with Gasteiger partial charge in [0.25, 0.3) is 0 Å². The zero-order chi connectivity index (χ0) is 14.5. The Kier molecular flexibility index (Phi) is 4.64. The van der Waals surface area contributed by atoms with Gasteiger partial charge in [-0.25, -0.2) is 0 Å². The van der Waals surface area contributed by atoms with E-state index >= 15 is 0 Å². The summed E-state index contributed by atoms with van der Waals surface area (Å²) in [6.45, 7) is 4.15. The largest absolute Gasteiger partial charge is 0.506 e. The molecule has 2 aromatic carbocycles. The molecule has 0 spiro atoms. The lowest BCUT2D eigenvalue weighted by molar-refractivity contribution is 0.474. The van der Waals surface area contributed by atoms with Crippen LogP contribution in [0.3, 0.4) is 0 Å².